The van der Waals surface area contributed by atoms with Crippen molar-refractivity contribution in [3.8, 4) is 0 Å². The third-order valence-corrected chi connectivity index (χ3v) is 3.93. The van der Waals surface area contributed by atoms with Crippen molar-refractivity contribution in [2.75, 3.05) is 20.6 Å². The summed E-state index contributed by atoms with van der Waals surface area (Å²) in [6, 6.07) is 2.12. The van der Waals surface area contributed by atoms with Crippen molar-refractivity contribution >= 4 is 21.8 Å². The number of nitrogens with one attached hydrogen (secondary N) is 1. The summed E-state index contributed by atoms with van der Waals surface area (Å²) in [4.78, 5) is 14.4. The zero-order valence-corrected chi connectivity index (χ0v) is 14.2. The Morgan fingerprint density at radius 3 is 2.53 bits per heavy atom. The average Bonchev–Trinajstić information content (AvgIpc) is 2.68. The number of halogens is 1. The van der Waals surface area contributed by atoms with Crippen LogP contribution in [0.5, 0.6) is 0 Å². The zero-order valence-electron chi connectivity index (χ0n) is 12.6. The van der Waals surface area contributed by atoms with Gasteiger partial charge >= 0.3 is 0 Å². The van der Waals surface area contributed by atoms with E-state index >= 15 is 0 Å². The quantitative estimate of drug-likeness (QED) is 0.901. The van der Waals surface area contributed by atoms with Gasteiger partial charge in [0, 0.05) is 28.8 Å². The highest BCUT2D eigenvalue weighted by atomic mass is 79.9. The Balaban J connectivity index is 2.79. The van der Waals surface area contributed by atoms with Crippen molar-refractivity contribution in [2.24, 2.45) is 0 Å². The van der Waals surface area contributed by atoms with E-state index in [9.17, 15) is 4.79 Å². The first kappa shape index (κ1) is 16.2. The van der Waals surface area contributed by atoms with Gasteiger partial charge in [0.1, 0.15) is 5.69 Å². The molecule has 0 saturated carbocycles. The molecule has 1 N–H and O–H groups in total. The molecular formula is C14H24BrN3O. The summed E-state index contributed by atoms with van der Waals surface area (Å²) in [5, 5.41) is 3.01. The van der Waals surface area contributed by atoms with Gasteiger partial charge in [0.2, 0.25) is 0 Å². The number of amides is 1. The molecule has 4 nitrogen and oxygen atoms in total. The predicted octanol–water partition coefficient (Wildman–Crippen LogP) is 2.90. The lowest BCUT2D eigenvalue weighted by Crippen LogP contribution is -2.48. The summed E-state index contributed by atoms with van der Waals surface area (Å²) < 4.78 is 2.90. The molecule has 108 valence electrons. The number of nitrogens with zero attached hydrogens (tertiary/aromatic N) is 2. The molecular weight excluding hydrogens is 306 g/mol. The first-order valence-electron chi connectivity index (χ1n) is 6.48. The molecule has 1 heterocycles. The lowest BCUT2D eigenvalue weighted by molar-refractivity contribution is 0.0909. The number of hydrogen-bond donors (Lipinski definition) is 1. The molecule has 19 heavy (non-hydrogen) atoms. The normalized spacial score (nSPS) is 12.3. The molecule has 1 amide bonds. The van der Waals surface area contributed by atoms with Crippen LogP contribution in [0.25, 0.3) is 0 Å². The van der Waals surface area contributed by atoms with Crippen LogP contribution in [0, 0.1) is 0 Å². The van der Waals surface area contributed by atoms with Crippen LogP contribution in [0.15, 0.2) is 16.7 Å². The van der Waals surface area contributed by atoms with Crippen LogP contribution in [0.1, 0.15) is 44.2 Å². The molecule has 0 bridgehead atoms. The lowest BCUT2D eigenvalue weighted by Gasteiger charge is -2.32. The third-order valence-electron chi connectivity index (χ3n) is 3.50. The average molecular weight is 330 g/mol. The second-order valence-electron chi connectivity index (χ2n) is 5.93. The van der Waals surface area contributed by atoms with E-state index in [2.05, 4.69) is 53.8 Å². The molecule has 0 fully saturated rings. The van der Waals surface area contributed by atoms with Crippen molar-refractivity contribution in [1.82, 2.24) is 14.8 Å². The Morgan fingerprint density at radius 2 is 2.05 bits per heavy atom. The van der Waals surface area contributed by atoms with Gasteiger partial charge in [-0.05, 0) is 63.8 Å². The van der Waals surface area contributed by atoms with Gasteiger partial charge in [-0.3, -0.25) is 4.79 Å². The second kappa shape index (κ2) is 6.09. The minimum absolute atomic E-state index is 0.0330. The maximum Gasteiger partial charge on any atom is 0.268 e. The standard InChI is InChI=1S/C14H24BrN3O/c1-10(2)18-8-11(15)7-12(18)13(19)16-9-14(3,4)17(5)6/h7-8,10H,9H2,1-6H3,(H,16,19). The summed E-state index contributed by atoms with van der Waals surface area (Å²) in [5.41, 5.74) is 0.624. The van der Waals surface area contributed by atoms with Crippen molar-refractivity contribution in [3.63, 3.8) is 0 Å². The Labute approximate surface area is 124 Å². The fourth-order valence-electron chi connectivity index (χ4n) is 1.60. The Kier molecular flexibility index (Phi) is 5.21. The van der Waals surface area contributed by atoms with Crippen molar-refractivity contribution in [3.05, 3.63) is 22.4 Å². The van der Waals surface area contributed by atoms with Gasteiger partial charge in [0.05, 0.1) is 0 Å². The van der Waals surface area contributed by atoms with Gasteiger partial charge in [-0.15, -0.1) is 0 Å². The molecule has 1 aromatic rings. The van der Waals surface area contributed by atoms with Crippen LogP contribution >= 0.6 is 15.9 Å². The summed E-state index contributed by atoms with van der Waals surface area (Å²) in [6.07, 6.45) is 1.94. The Morgan fingerprint density at radius 1 is 1.47 bits per heavy atom. The van der Waals surface area contributed by atoms with Crippen molar-refractivity contribution in [2.45, 2.75) is 39.3 Å². The molecule has 0 aliphatic rings. The van der Waals surface area contributed by atoms with Crippen LogP contribution in [0.4, 0.5) is 0 Å². The number of carbonyl (C=O) groups is 1. The highest BCUT2D eigenvalue weighted by molar-refractivity contribution is 9.10. The van der Waals surface area contributed by atoms with Gasteiger partial charge in [0.15, 0.2) is 0 Å². The maximum absolute atomic E-state index is 12.3. The van der Waals surface area contributed by atoms with Crippen molar-refractivity contribution < 1.29 is 4.79 Å². The number of hydrogen-bond acceptors (Lipinski definition) is 2. The highest BCUT2D eigenvalue weighted by Crippen LogP contribution is 2.19. The van der Waals surface area contributed by atoms with E-state index in [0.717, 1.165) is 4.47 Å². The molecule has 5 heteroatoms. The van der Waals surface area contributed by atoms with E-state index in [1.807, 2.05) is 30.9 Å². The number of rotatable bonds is 5. The third kappa shape index (κ3) is 4.08. The van der Waals surface area contributed by atoms with E-state index in [4.69, 9.17) is 0 Å². The second-order valence-corrected chi connectivity index (χ2v) is 6.85. The van der Waals surface area contributed by atoms with E-state index in [-0.39, 0.29) is 17.5 Å². The van der Waals surface area contributed by atoms with Crippen LogP contribution in [0.3, 0.4) is 0 Å². The fraction of sp³-hybridized carbons (Fsp3) is 0.643. The molecule has 0 radical (unpaired) electrons. The smallest absolute Gasteiger partial charge is 0.268 e. The summed E-state index contributed by atoms with van der Waals surface area (Å²) in [7, 11) is 4.03. The van der Waals surface area contributed by atoms with Crippen molar-refractivity contribution in [1.29, 1.82) is 0 Å². The van der Waals surface area contributed by atoms with Gasteiger partial charge in [0.25, 0.3) is 5.91 Å². The number of carbonyl (C=O) groups excluding carboxylic acids is 1. The number of likely N-dealkylation sites (N-methyl/N-ethyl adjacent to an activating group) is 1. The molecule has 0 spiro atoms. The Bertz CT molecular complexity index is 450. The van der Waals surface area contributed by atoms with Gasteiger partial charge in [-0.25, -0.2) is 0 Å². The maximum atomic E-state index is 12.3. The summed E-state index contributed by atoms with van der Waals surface area (Å²) in [5.74, 6) is -0.0330. The molecule has 1 rings (SSSR count). The summed E-state index contributed by atoms with van der Waals surface area (Å²) >= 11 is 3.42. The van der Waals surface area contributed by atoms with E-state index in [0.29, 0.717) is 12.2 Å². The largest absolute Gasteiger partial charge is 0.349 e. The topological polar surface area (TPSA) is 37.3 Å². The summed E-state index contributed by atoms with van der Waals surface area (Å²) in [6.45, 7) is 8.94. The molecule has 0 unspecified atom stereocenters. The SMILES string of the molecule is CC(C)n1cc(Br)cc1C(=O)NCC(C)(C)N(C)C. The first-order valence-corrected chi connectivity index (χ1v) is 7.27. The highest BCUT2D eigenvalue weighted by Gasteiger charge is 2.22. The molecule has 0 aromatic carbocycles. The van der Waals surface area contributed by atoms with E-state index < -0.39 is 0 Å². The molecule has 0 aliphatic carbocycles. The zero-order chi connectivity index (χ0) is 14.8. The Hall–Kier alpha value is -0.810. The monoisotopic (exact) mass is 329 g/mol. The van der Waals surface area contributed by atoms with Crippen LogP contribution in [0.2, 0.25) is 0 Å². The molecule has 0 atom stereocenters. The van der Waals surface area contributed by atoms with Gasteiger partial charge in [-0.2, -0.15) is 0 Å². The van der Waals surface area contributed by atoms with E-state index in [1.54, 1.807) is 0 Å². The van der Waals surface area contributed by atoms with E-state index in [1.165, 1.54) is 0 Å². The number of aromatic nitrogens is 1. The van der Waals surface area contributed by atoms with Crippen LogP contribution < -0.4 is 5.32 Å². The molecule has 0 aliphatic heterocycles. The predicted molar refractivity (Wildman–Crippen MR) is 82.6 cm³/mol. The van der Waals surface area contributed by atoms with Gasteiger partial charge in [-0.1, -0.05) is 0 Å². The minimum atomic E-state index is -0.0673. The molecule has 0 saturated heterocycles. The fourth-order valence-corrected chi connectivity index (χ4v) is 2.04. The molecule has 1 aromatic heterocycles. The minimum Gasteiger partial charge on any atom is -0.349 e. The first-order chi connectivity index (χ1) is 8.65. The van der Waals surface area contributed by atoms with Gasteiger partial charge < -0.3 is 14.8 Å². The van der Waals surface area contributed by atoms with Crippen LogP contribution in [-0.2, 0) is 0 Å². The van der Waals surface area contributed by atoms with Crippen LogP contribution in [-0.4, -0.2) is 41.6 Å². The lowest BCUT2D eigenvalue weighted by atomic mass is 10.0.